The Balaban J connectivity index is 0.00000361. The largest absolute Gasteiger partial charge is 0.354 e. The van der Waals surface area contributed by atoms with E-state index in [1.807, 2.05) is 19.1 Å². The first kappa shape index (κ1) is 18.4. The maximum absolute atomic E-state index is 11.7. The molecular formula is C14H22ClN3O2. The van der Waals surface area contributed by atoms with Crippen molar-refractivity contribution in [3.63, 3.8) is 0 Å². The van der Waals surface area contributed by atoms with E-state index >= 15 is 0 Å². The molecule has 0 spiro atoms. The van der Waals surface area contributed by atoms with Crippen LogP contribution >= 0.6 is 12.4 Å². The molecule has 0 aromatic heterocycles. The molecule has 0 saturated heterocycles. The van der Waals surface area contributed by atoms with Crippen LogP contribution in [0.3, 0.4) is 0 Å². The van der Waals surface area contributed by atoms with Crippen LogP contribution in [0.15, 0.2) is 24.3 Å². The zero-order chi connectivity index (χ0) is 14.1. The normalized spacial score (nSPS) is 9.50. The number of carbonyl (C=O) groups is 2. The average Bonchev–Trinajstić information content (AvgIpc) is 2.41. The Bertz CT molecular complexity index is 421. The van der Waals surface area contributed by atoms with Gasteiger partial charge in [-0.25, -0.2) is 0 Å². The summed E-state index contributed by atoms with van der Waals surface area (Å²) in [5.74, 6) is -0.136. The number of carbonyl (C=O) groups excluding carboxylic acids is 2. The molecule has 0 radical (unpaired) electrons. The van der Waals surface area contributed by atoms with E-state index in [0.29, 0.717) is 31.6 Å². The topological polar surface area (TPSA) is 70.2 Å². The molecule has 0 saturated carbocycles. The minimum atomic E-state index is -0.121. The Labute approximate surface area is 125 Å². The lowest BCUT2D eigenvalue weighted by Gasteiger charge is -2.07. The Kier molecular flexibility index (Phi) is 9.41. The van der Waals surface area contributed by atoms with Crippen LogP contribution in [0.5, 0.6) is 0 Å². The van der Waals surface area contributed by atoms with Gasteiger partial charge in [-0.1, -0.05) is 17.7 Å². The third kappa shape index (κ3) is 7.11. The molecule has 0 bridgehead atoms. The maximum atomic E-state index is 11.7. The number of hydrogen-bond donors (Lipinski definition) is 3. The number of halogens is 1. The lowest BCUT2D eigenvalue weighted by Crippen LogP contribution is -2.35. The fourth-order valence-corrected chi connectivity index (χ4v) is 1.51. The van der Waals surface area contributed by atoms with Gasteiger partial charge in [-0.05, 0) is 26.1 Å². The van der Waals surface area contributed by atoms with Gasteiger partial charge in [0, 0.05) is 31.6 Å². The van der Waals surface area contributed by atoms with Gasteiger partial charge in [0.05, 0.1) is 0 Å². The zero-order valence-corrected chi connectivity index (χ0v) is 12.7. The smallest absolute Gasteiger partial charge is 0.251 e. The Hall–Kier alpha value is -1.59. The van der Waals surface area contributed by atoms with E-state index in [2.05, 4.69) is 16.0 Å². The lowest BCUT2D eigenvalue weighted by atomic mass is 10.1. The summed E-state index contributed by atoms with van der Waals surface area (Å²) >= 11 is 0. The summed E-state index contributed by atoms with van der Waals surface area (Å²) in [6.07, 6.45) is 0.447. The Morgan fingerprint density at radius 3 is 2.20 bits per heavy atom. The number of benzene rings is 1. The lowest BCUT2D eigenvalue weighted by molar-refractivity contribution is -0.120. The van der Waals surface area contributed by atoms with Crippen LogP contribution in [0.4, 0.5) is 0 Å². The molecule has 0 unspecified atom stereocenters. The molecule has 0 fully saturated rings. The van der Waals surface area contributed by atoms with Gasteiger partial charge in [0.15, 0.2) is 0 Å². The molecule has 0 aliphatic rings. The molecule has 3 N–H and O–H groups in total. The van der Waals surface area contributed by atoms with E-state index in [4.69, 9.17) is 0 Å². The van der Waals surface area contributed by atoms with Crippen LogP contribution in [0, 0.1) is 6.92 Å². The number of nitrogens with one attached hydrogen (secondary N) is 3. The Morgan fingerprint density at radius 2 is 1.60 bits per heavy atom. The molecule has 20 heavy (non-hydrogen) atoms. The van der Waals surface area contributed by atoms with Gasteiger partial charge in [-0.2, -0.15) is 0 Å². The monoisotopic (exact) mass is 299 g/mol. The molecule has 1 rings (SSSR count). The molecule has 0 aliphatic heterocycles. The van der Waals surface area contributed by atoms with Crippen LogP contribution in [0.1, 0.15) is 22.3 Å². The zero-order valence-electron chi connectivity index (χ0n) is 11.9. The molecule has 5 nitrogen and oxygen atoms in total. The van der Waals surface area contributed by atoms with E-state index in [1.165, 1.54) is 0 Å². The van der Waals surface area contributed by atoms with Gasteiger partial charge in [-0.15, -0.1) is 12.4 Å². The molecule has 2 amide bonds. The van der Waals surface area contributed by atoms with Gasteiger partial charge >= 0.3 is 0 Å². The van der Waals surface area contributed by atoms with Crippen molar-refractivity contribution in [2.24, 2.45) is 0 Å². The molecule has 0 heterocycles. The first-order valence-corrected chi connectivity index (χ1v) is 6.39. The predicted octanol–water partition coefficient (Wildman–Crippen LogP) is 0.872. The van der Waals surface area contributed by atoms with E-state index in [0.717, 1.165) is 5.56 Å². The summed E-state index contributed by atoms with van der Waals surface area (Å²) in [5, 5.41) is 8.40. The van der Waals surface area contributed by atoms with E-state index in [-0.39, 0.29) is 24.2 Å². The molecule has 1 aromatic rings. The highest BCUT2D eigenvalue weighted by molar-refractivity contribution is 5.94. The minimum absolute atomic E-state index is 0. The van der Waals surface area contributed by atoms with Crippen molar-refractivity contribution in [2.45, 2.75) is 13.3 Å². The van der Waals surface area contributed by atoms with Crippen molar-refractivity contribution in [2.75, 3.05) is 26.7 Å². The summed E-state index contributed by atoms with van der Waals surface area (Å²) in [6, 6.07) is 7.37. The number of aryl methyl sites for hydroxylation is 1. The molecule has 1 aromatic carbocycles. The molecule has 0 atom stereocenters. The summed E-state index contributed by atoms with van der Waals surface area (Å²) < 4.78 is 0. The third-order valence-electron chi connectivity index (χ3n) is 2.65. The van der Waals surface area contributed by atoms with Crippen LogP contribution < -0.4 is 16.0 Å². The molecule has 0 aliphatic carbocycles. The molecule has 6 heteroatoms. The van der Waals surface area contributed by atoms with E-state index < -0.39 is 0 Å². The van der Waals surface area contributed by atoms with Crippen LogP contribution in [0.2, 0.25) is 0 Å². The predicted molar refractivity (Wildman–Crippen MR) is 82.3 cm³/mol. The van der Waals surface area contributed by atoms with Gasteiger partial charge in [0.2, 0.25) is 5.91 Å². The highest BCUT2D eigenvalue weighted by Gasteiger charge is 2.04. The highest BCUT2D eigenvalue weighted by atomic mass is 35.5. The van der Waals surface area contributed by atoms with Gasteiger partial charge < -0.3 is 16.0 Å². The van der Waals surface area contributed by atoms with Crippen molar-refractivity contribution in [1.29, 1.82) is 0 Å². The van der Waals surface area contributed by atoms with E-state index in [1.54, 1.807) is 19.2 Å². The van der Waals surface area contributed by atoms with Crippen molar-refractivity contribution in [3.8, 4) is 0 Å². The maximum Gasteiger partial charge on any atom is 0.251 e. The number of hydrogen-bond acceptors (Lipinski definition) is 3. The summed E-state index contributed by atoms with van der Waals surface area (Å²) in [7, 11) is 1.80. The molecule has 112 valence electrons. The second kappa shape index (κ2) is 10.2. The fraction of sp³-hybridized carbons (Fsp3) is 0.429. The second-order valence-electron chi connectivity index (χ2n) is 4.33. The first-order valence-electron chi connectivity index (χ1n) is 6.39. The van der Waals surface area contributed by atoms with Gasteiger partial charge in [0.25, 0.3) is 5.91 Å². The quantitative estimate of drug-likeness (QED) is 0.654. The second-order valence-corrected chi connectivity index (χ2v) is 4.33. The van der Waals surface area contributed by atoms with Crippen LogP contribution in [0.25, 0.3) is 0 Å². The van der Waals surface area contributed by atoms with Crippen molar-refractivity contribution in [1.82, 2.24) is 16.0 Å². The summed E-state index contributed by atoms with van der Waals surface area (Å²) in [5.41, 5.74) is 1.75. The number of rotatable bonds is 7. The summed E-state index contributed by atoms with van der Waals surface area (Å²) in [6.45, 7) is 3.50. The minimum Gasteiger partial charge on any atom is -0.354 e. The van der Waals surface area contributed by atoms with Gasteiger partial charge in [0.1, 0.15) is 0 Å². The van der Waals surface area contributed by atoms with E-state index in [9.17, 15) is 9.59 Å². The molecular weight excluding hydrogens is 278 g/mol. The van der Waals surface area contributed by atoms with Crippen LogP contribution in [-0.4, -0.2) is 38.5 Å². The SMILES string of the molecule is CNCCC(=O)NCCNC(=O)c1ccc(C)cc1.Cl. The first-order chi connectivity index (χ1) is 9.13. The Morgan fingerprint density at radius 1 is 1.00 bits per heavy atom. The number of amides is 2. The summed E-state index contributed by atoms with van der Waals surface area (Å²) in [4.78, 5) is 23.0. The highest BCUT2D eigenvalue weighted by Crippen LogP contribution is 2.02. The van der Waals surface area contributed by atoms with Crippen molar-refractivity contribution in [3.05, 3.63) is 35.4 Å². The van der Waals surface area contributed by atoms with Crippen molar-refractivity contribution < 1.29 is 9.59 Å². The third-order valence-corrected chi connectivity index (χ3v) is 2.65. The standard InChI is InChI=1S/C14H21N3O2.ClH/c1-11-3-5-12(6-4-11)14(19)17-10-9-16-13(18)7-8-15-2;/h3-6,15H,7-10H2,1-2H3,(H,16,18)(H,17,19);1H. The average molecular weight is 300 g/mol. The van der Waals surface area contributed by atoms with Gasteiger partial charge in [-0.3, -0.25) is 9.59 Å². The fourth-order valence-electron chi connectivity index (χ4n) is 1.51. The van der Waals surface area contributed by atoms with Crippen LogP contribution in [-0.2, 0) is 4.79 Å². The van der Waals surface area contributed by atoms with Crippen molar-refractivity contribution >= 4 is 24.2 Å².